The number of hydrogen-bond donors (Lipinski definition) is 2. The van der Waals surface area contributed by atoms with Crippen LogP contribution >= 0.6 is 12.6 Å². The Bertz CT molecular complexity index is 277. The third-order valence-corrected chi connectivity index (χ3v) is 3.28. The van der Waals surface area contributed by atoms with E-state index in [0.717, 1.165) is 24.8 Å². The molecule has 90 valence electrons. The molecule has 0 spiro atoms. The van der Waals surface area contributed by atoms with Gasteiger partial charge in [0.15, 0.2) is 0 Å². The topological polar surface area (TPSA) is 12.0 Å². The van der Waals surface area contributed by atoms with Gasteiger partial charge in [0.2, 0.25) is 0 Å². The van der Waals surface area contributed by atoms with E-state index in [-0.39, 0.29) is 0 Å². The van der Waals surface area contributed by atoms with Crippen LogP contribution in [0, 0.1) is 0 Å². The summed E-state index contributed by atoms with van der Waals surface area (Å²) in [7, 11) is 0. The van der Waals surface area contributed by atoms with Gasteiger partial charge in [-0.3, -0.25) is 0 Å². The Balaban J connectivity index is 2.53. The van der Waals surface area contributed by atoms with Gasteiger partial charge in [-0.25, -0.2) is 0 Å². The van der Waals surface area contributed by atoms with Crippen molar-refractivity contribution in [3.8, 4) is 0 Å². The SMILES string of the molecule is CCC(CC)c1ccc(CNCCS)cc1. The highest BCUT2D eigenvalue weighted by Gasteiger charge is 2.05. The molecule has 1 aromatic carbocycles. The van der Waals surface area contributed by atoms with E-state index in [1.54, 1.807) is 0 Å². The first-order valence-corrected chi connectivity index (χ1v) is 6.85. The first-order chi connectivity index (χ1) is 7.81. The summed E-state index contributed by atoms with van der Waals surface area (Å²) in [5.74, 6) is 1.62. The Hall–Kier alpha value is -0.470. The molecule has 1 rings (SSSR count). The van der Waals surface area contributed by atoms with Crippen molar-refractivity contribution in [2.24, 2.45) is 0 Å². The Morgan fingerprint density at radius 1 is 1.12 bits per heavy atom. The summed E-state index contributed by atoms with van der Waals surface area (Å²) in [6.45, 7) is 6.44. The minimum absolute atomic E-state index is 0.722. The van der Waals surface area contributed by atoms with Gasteiger partial charge in [0.05, 0.1) is 0 Å². The molecule has 0 amide bonds. The smallest absolute Gasteiger partial charge is 0.0205 e. The molecule has 0 unspecified atom stereocenters. The van der Waals surface area contributed by atoms with Crippen LogP contribution in [0.4, 0.5) is 0 Å². The number of nitrogens with one attached hydrogen (secondary N) is 1. The second-order valence-corrected chi connectivity index (χ2v) is 4.60. The first-order valence-electron chi connectivity index (χ1n) is 6.22. The molecular weight excluding hydrogens is 214 g/mol. The molecule has 16 heavy (non-hydrogen) atoms. The summed E-state index contributed by atoms with van der Waals surface area (Å²) >= 11 is 4.17. The third-order valence-electron chi connectivity index (χ3n) is 3.05. The van der Waals surface area contributed by atoms with Crippen molar-refractivity contribution in [3.63, 3.8) is 0 Å². The average Bonchev–Trinajstić information content (AvgIpc) is 2.33. The van der Waals surface area contributed by atoms with Crippen LogP contribution in [0.5, 0.6) is 0 Å². The second kappa shape index (κ2) is 7.75. The lowest BCUT2D eigenvalue weighted by atomic mass is 9.93. The molecule has 2 heteroatoms. The highest BCUT2D eigenvalue weighted by molar-refractivity contribution is 7.80. The van der Waals surface area contributed by atoms with E-state index in [9.17, 15) is 0 Å². The molecule has 0 saturated carbocycles. The molecule has 1 nitrogen and oxygen atoms in total. The molecule has 0 atom stereocenters. The van der Waals surface area contributed by atoms with Crippen molar-refractivity contribution in [1.29, 1.82) is 0 Å². The van der Waals surface area contributed by atoms with Crippen LogP contribution in [0.25, 0.3) is 0 Å². The van der Waals surface area contributed by atoms with Crippen LogP contribution in [-0.2, 0) is 6.54 Å². The Morgan fingerprint density at radius 2 is 1.75 bits per heavy atom. The molecule has 0 aliphatic rings. The van der Waals surface area contributed by atoms with Gasteiger partial charge in [-0.05, 0) is 29.9 Å². The van der Waals surface area contributed by atoms with Gasteiger partial charge in [0, 0.05) is 18.8 Å². The highest BCUT2D eigenvalue weighted by Crippen LogP contribution is 2.22. The standard InChI is InChI=1S/C14H23NS/c1-3-13(4-2)14-7-5-12(6-8-14)11-15-9-10-16/h5-8,13,15-16H,3-4,9-11H2,1-2H3. The number of benzene rings is 1. The van der Waals surface area contributed by atoms with E-state index in [2.05, 4.69) is 56.1 Å². The zero-order valence-electron chi connectivity index (χ0n) is 10.4. The summed E-state index contributed by atoms with van der Waals surface area (Å²) in [6.07, 6.45) is 2.46. The molecular formula is C14H23NS. The predicted molar refractivity (Wildman–Crippen MR) is 75.3 cm³/mol. The van der Waals surface area contributed by atoms with E-state index < -0.39 is 0 Å². The predicted octanol–water partition coefficient (Wildman–Crippen LogP) is 3.61. The summed E-state index contributed by atoms with van der Waals surface area (Å²) in [5.41, 5.74) is 2.83. The minimum atomic E-state index is 0.722. The fourth-order valence-corrected chi connectivity index (χ4v) is 2.14. The zero-order chi connectivity index (χ0) is 11.8. The van der Waals surface area contributed by atoms with E-state index in [1.165, 1.54) is 24.0 Å². The fraction of sp³-hybridized carbons (Fsp3) is 0.571. The third kappa shape index (κ3) is 4.18. The lowest BCUT2D eigenvalue weighted by molar-refractivity contribution is 0.641. The summed E-state index contributed by atoms with van der Waals surface area (Å²) in [4.78, 5) is 0. The van der Waals surface area contributed by atoms with E-state index >= 15 is 0 Å². The van der Waals surface area contributed by atoms with Crippen molar-refractivity contribution < 1.29 is 0 Å². The van der Waals surface area contributed by atoms with Gasteiger partial charge < -0.3 is 5.32 Å². The van der Waals surface area contributed by atoms with Crippen LogP contribution in [0.2, 0.25) is 0 Å². The Morgan fingerprint density at radius 3 is 2.25 bits per heavy atom. The summed E-state index contributed by atoms with van der Waals surface area (Å²) < 4.78 is 0. The molecule has 1 N–H and O–H groups in total. The van der Waals surface area contributed by atoms with E-state index in [1.807, 2.05) is 0 Å². The number of rotatable bonds is 7. The molecule has 0 aromatic heterocycles. The summed E-state index contributed by atoms with van der Waals surface area (Å²) in [6, 6.07) is 9.02. The molecule has 0 heterocycles. The first kappa shape index (κ1) is 13.6. The summed E-state index contributed by atoms with van der Waals surface area (Å²) in [5, 5.41) is 3.35. The maximum atomic E-state index is 4.17. The maximum Gasteiger partial charge on any atom is 0.0205 e. The van der Waals surface area contributed by atoms with Crippen molar-refractivity contribution in [2.45, 2.75) is 39.2 Å². The maximum absolute atomic E-state index is 4.17. The van der Waals surface area contributed by atoms with Crippen LogP contribution < -0.4 is 5.32 Å². The van der Waals surface area contributed by atoms with Gasteiger partial charge in [0.1, 0.15) is 0 Å². The van der Waals surface area contributed by atoms with Gasteiger partial charge in [-0.2, -0.15) is 12.6 Å². The average molecular weight is 237 g/mol. The van der Waals surface area contributed by atoms with Crippen molar-refractivity contribution >= 4 is 12.6 Å². The monoisotopic (exact) mass is 237 g/mol. The molecule has 0 bridgehead atoms. The highest BCUT2D eigenvalue weighted by atomic mass is 32.1. The van der Waals surface area contributed by atoms with Crippen molar-refractivity contribution in [3.05, 3.63) is 35.4 Å². The number of thiol groups is 1. The van der Waals surface area contributed by atoms with Crippen LogP contribution in [-0.4, -0.2) is 12.3 Å². The number of hydrogen-bond acceptors (Lipinski definition) is 2. The largest absolute Gasteiger partial charge is 0.312 e. The normalized spacial score (nSPS) is 11.0. The minimum Gasteiger partial charge on any atom is -0.312 e. The lowest BCUT2D eigenvalue weighted by Crippen LogP contribution is -2.15. The van der Waals surface area contributed by atoms with Gasteiger partial charge in [-0.1, -0.05) is 38.1 Å². The Kier molecular flexibility index (Phi) is 6.58. The fourth-order valence-electron chi connectivity index (χ4n) is 1.98. The molecule has 0 aliphatic heterocycles. The van der Waals surface area contributed by atoms with Crippen LogP contribution in [0.3, 0.4) is 0 Å². The molecule has 0 saturated heterocycles. The quantitative estimate of drug-likeness (QED) is 0.545. The van der Waals surface area contributed by atoms with Gasteiger partial charge in [-0.15, -0.1) is 0 Å². The van der Waals surface area contributed by atoms with Crippen molar-refractivity contribution in [1.82, 2.24) is 5.32 Å². The van der Waals surface area contributed by atoms with E-state index in [0.29, 0.717) is 0 Å². The van der Waals surface area contributed by atoms with Crippen LogP contribution in [0.1, 0.15) is 43.7 Å². The zero-order valence-corrected chi connectivity index (χ0v) is 11.3. The Labute approximate surface area is 105 Å². The van der Waals surface area contributed by atoms with Crippen LogP contribution in [0.15, 0.2) is 24.3 Å². The molecule has 0 aliphatic carbocycles. The second-order valence-electron chi connectivity index (χ2n) is 4.16. The molecule has 1 aromatic rings. The van der Waals surface area contributed by atoms with E-state index in [4.69, 9.17) is 0 Å². The van der Waals surface area contributed by atoms with Crippen molar-refractivity contribution in [2.75, 3.05) is 12.3 Å². The molecule has 0 fully saturated rings. The van der Waals surface area contributed by atoms with Gasteiger partial charge >= 0.3 is 0 Å². The van der Waals surface area contributed by atoms with Gasteiger partial charge in [0.25, 0.3) is 0 Å². The lowest BCUT2D eigenvalue weighted by Gasteiger charge is -2.13. The molecule has 0 radical (unpaired) electrons.